The van der Waals surface area contributed by atoms with Gasteiger partial charge in [0.25, 0.3) is 0 Å². The maximum atomic E-state index is 12.9. The molecule has 5 heterocycles. The van der Waals surface area contributed by atoms with Crippen molar-refractivity contribution in [3.8, 4) is 16.9 Å². The van der Waals surface area contributed by atoms with Crippen LogP contribution in [-0.2, 0) is 10.3 Å². The predicted molar refractivity (Wildman–Crippen MR) is 113 cm³/mol. The van der Waals surface area contributed by atoms with Crippen LogP contribution < -0.4 is 20.7 Å². The van der Waals surface area contributed by atoms with E-state index in [1.807, 2.05) is 28.5 Å². The summed E-state index contributed by atoms with van der Waals surface area (Å²) in [6.45, 7) is 0.919. The van der Waals surface area contributed by atoms with E-state index in [4.69, 9.17) is 15.5 Å². The highest BCUT2D eigenvalue weighted by Gasteiger charge is 2.55. The lowest BCUT2D eigenvalue weighted by atomic mass is 9.84. The fraction of sp³-hybridized carbons (Fsp3) is 0.250. The van der Waals surface area contributed by atoms with Gasteiger partial charge in [-0.1, -0.05) is 0 Å². The molecule has 2 aliphatic rings. The number of aliphatic imine (C=N–C) groups is 1. The first-order valence-electron chi connectivity index (χ1n) is 9.35. The molecule has 30 heavy (non-hydrogen) atoms. The van der Waals surface area contributed by atoms with Crippen LogP contribution in [0, 0.1) is 5.92 Å². The Labute approximate surface area is 176 Å². The summed E-state index contributed by atoms with van der Waals surface area (Å²) in [6.07, 6.45) is 6.73. The van der Waals surface area contributed by atoms with E-state index < -0.39 is 11.5 Å². The molecule has 2 aliphatic heterocycles. The van der Waals surface area contributed by atoms with Crippen LogP contribution in [0.2, 0.25) is 0 Å². The fourth-order valence-electron chi connectivity index (χ4n) is 4.11. The van der Waals surface area contributed by atoms with Crippen LogP contribution in [0.25, 0.3) is 11.1 Å². The number of amides is 1. The number of thiophene rings is 1. The number of nitrogens with two attached hydrogens (primary N) is 1. The Balaban J connectivity index is 1.59. The first-order chi connectivity index (χ1) is 14.6. The Morgan fingerprint density at radius 1 is 1.33 bits per heavy atom. The number of hydrogen-bond donors (Lipinski definition) is 2. The summed E-state index contributed by atoms with van der Waals surface area (Å²) in [5.74, 6) is 0.914. The van der Waals surface area contributed by atoms with Gasteiger partial charge >= 0.3 is 0 Å². The molecule has 0 aliphatic carbocycles. The molecular weight excluding hydrogens is 402 g/mol. The van der Waals surface area contributed by atoms with Gasteiger partial charge < -0.3 is 15.4 Å². The minimum Gasteiger partial charge on any atom is -0.493 e. The third kappa shape index (κ3) is 2.88. The minimum atomic E-state index is -0.798. The molecule has 3 aromatic heterocycles. The number of aromatic nitrogens is 3. The van der Waals surface area contributed by atoms with Gasteiger partial charge in [-0.2, -0.15) is 0 Å². The summed E-state index contributed by atoms with van der Waals surface area (Å²) < 4.78 is 5.48. The van der Waals surface area contributed by atoms with Gasteiger partial charge in [0.05, 0.1) is 19.6 Å². The zero-order chi connectivity index (χ0) is 20.7. The lowest BCUT2D eigenvalue weighted by molar-refractivity contribution is -0.125. The molecule has 0 spiro atoms. The third-order valence-corrected chi connectivity index (χ3v) is 6.59. The highest BCUT2D eigenvalue weighted by Crippen LogP contribution is 2.47. The molecule has 2 atom stereocenters. The molecule has 1 saturated heterocycles. The van der Waals surface area contributed by atoms with E-state index in [1.165, 1.54) is 6.33 Å². The van der Waals surface area contributed by atoms with Gasteiger partial charge in [-0.15, -0.1) is 11.3 Å². The van der Waals surface area contributed by atoms with Crippen molar-refractivity contribution in [1.29, 1.82) is 0 Å². The van der Waals surface area contributed by atoms with E-state index in [0.29, 0.717) is 24.7 Å². The van der Waals surface area contributed by atoms with Gasteiger partial charge in [0.15, 0.2) is 17.5 Å². The topological polar surface area (TPSA) is 119 Å². The number of hydrogen-bond acceptors (Lipinski definition) is 9. The van der Waals surface area contributed by atoms with Gasteiger partial charge in [-0.3, -0.25) is 10.1 Å². The summed E-state index contributed by atoms with van der Waals surface area (Å²) in [7, 11) is 1.61. The Bertz CT molecular complexity index is 1130. The molecule has 1 fully saturated rings. The Kier molecular flexibility index (Phi) is 4.35. The van der Waals surface area contributed by atoms with Crippen LogP contribution in [0.4, 0.5) is 5.82 Å². The highest BCUT2D eigenvalue weighted by atomic mass is 32.1. The second-order valence-electron chi connectivity index (χ2n) is 7.20. The van der Waals surface area contributed by atoms with Crippen LogP contribution in [-0.4, -0.2) is 47.0 Å². The Hall–Kier alpha value is -3.53. The van der Waals surface area contributed by atoms with Crippen molar-refractivity contribution in [1.82, 2.24) is 20.3 Å². The van der Waals surface area contributed by atoms with Crippen molar-refractivity contribution in [3.63, 3.8) is 0 Å². The molecule has 0 saturated carbocycles. The number of carbonyl (C=O) groups excluding carboxylic acids is 1. The molecule has 5 rings (SSSR count). The SMILES string of the molecule is COc1cccnc1N1CC2C(=O)NC(N)=N[C@@]2(c2cc(-c3cncnc3)cs2)C1. The van der Waals surface area contributed by atoms with Crippen LogP contribution >= 0.6 is 11.3 Å². The molecule has 0 bridgehead atoms. The number of anilines is 1. The van der Waals surface area contributed by atoms with Gasteiger partial charge in [-0.05, 0) is 29.1 Å². The third-order valence-electron chi connectivity index (χ3n) is 5.49. The summed E-state index contributed by atoms with van der Waals surface area (Å²) in [5.41, 5.74) is 7.10. The molecule has 1 unspecified atom stereocenters. The van der Waals surface area contributed by atoms with Crippen LogP contribution in [0.1, 0.15) is 4.88 Å². The molecular formula is C20H19N7O2S. The number of fused-ring (bicyclic) bond motifs is 1. The fourth-order valence-corrected chi connectivity index (χ4v) is 5.22. The number of pyridine rings is 1. The van der Waals surface area contributed by atoms with E-state index in [0.717, 1.165) is 16.0 Å². The van der Waals surface area contributed by atoms with Gasteiger partial charge in [-0.25, -0.2) is 19.9 Å². The van der Waals surface area contributed by atoms with Gasteiger partial charge in [0, 0.05) is 35.6 Å². The van der Waals surface area contributed by atoms with Gasteiger partial charge in [0.1, 0.15) is 11.9 Å². The number of methoxy groups -OCH3 is 1. The van der Waals surface area contributed by atoms with E-state index in [2.05, 4.69) is 20.3 Å². The molecule has 10 heteroatoms. The molecule has 3 aromatic rings. The lowest BCUT2D eigenvalue weighted by Crippen LogP contribution is -2.53. The zero-order valence-electron chi connectivity index (χ0n) is 16.1. The van der Waals surface area contributed by atoms with Crippen molar-refractivity contribution >= 4 is 29.0 Å². The van der Waals surface area contributed by atoms with E-state index in [1.54, 1.807) is 37.0 Å². The second-order valence-corrected chi connectivity index (χ2v) is 8.11. The average molecular weight is 421 g/mol. The van der Waals surface area contributed by atoms with Crippen molar-refractivity contribution < 1.29 is 9.53 Å². The Morgan fingerprint density at radius 3 is 2.97 bits per heavy atom. The normalized spacial score (nSPS) is 23.0. The van der Waals surface area contributed by atoms with Crippen molar-refractivity contribution in [3.05, 3.63) is 53.4 Å². The van der Waals surface area contributed by atoms with Crippen molar-refractivity contribution in [2.75, 3.05) is 25.1 Å². The number of nitrogens with one attached hydrogen (secondary N) is 1. The molecule has 9 nitrogen and oxygen atoms in total. The maximum Gasteiger partial charge on any atom is 0.234 e. The second kappa shape index (κ2) is 7.06. The van der Waals surface area contributed by atoms with E-state index in [-0.39, 0.29) is 11.9 Å². The number of guanidine groups is 1. The first kappa shape index (κ1) is 18.5. The maximum absolute atomic E-state index is 12.9. The molecule has 1 amide bonds. The largest absolute Gasteiger partial charge is 0.493 e. The molecule has 152 valence electrons. The molecule has 3 N–H and O–H groups in total. The quantitative estimate of drug-likeness (QED) is 0.653. The summed E-state index contributed by atoms with van der Waals surface area (Å²) in [5, 5.41) is 4.71. The molecule has 0 aromatic carbocycles. The van der Waals surface area contributed by atoms with Crippen LogP contribution in [0.5, 0.6) is 5.75 Å². The predicted octanol–water partition coefficient (Wildman–Crippen LogP) is 1.38. The first-order valence-corrected chi connectivity index (χ1v) is 10.2. The zero-order valence-corrected chi connectivity index (χ0v) is 17.0. The van der Waals surface area contributed by atoms with Crippen molar-refractivity contribution in [2.45, 2.75) is 5.54 Å². The monoisotopic (exact) mass is 421 g/mol. The summed E-state index contributed by atoms with van der Waals surface area (Å²) in [6, 6.07) is 5.72. The number of nitrogens with zero attached hydrogens (tertiary/aromatic N) is 5. The highest BCUT2D eigenvalue weighted by molar-refractivity contribution is 7.10. The van der Waals surface area contributed by atoms with E-state index in [9.17, 15) is 4.79 Å². The number of rotatable bonds is 4. The van der Waals surface area contributed by atoms with Gasteiger partial charge in [0.2, 0.25) is 5.91 Å². The average Bonchev–Trinajstić information content (AvgIpc) is 3.41. The van der Waals surface area contributed by atoms with Crippen LogP contribution in [0.3, 0.4) is 0 Å². The summed E-state index contributed by atoms with van der Waals surface area (Å²) in [4.78, 5) is 33.3. The minimum absolute atomic E-state index is 0.129. The number of ether oxygens (including phenoxy) is 1. The summed E-state index contributed by atoms with van der Waals surface area (Å²) >= 11 is 1.55. The van der Waals surface area contributed by atoms with Crippen molar-refractivity contribution in [2.24, 2.45) is 16.6 Å². The smallest absolute Gasteiger partial charge is 0.234 e. The van der Waals surface area contributed by atoms with Crippen LogP contribution in [0.15, 0.2) is 53.5 Å². The van der Waals surface area contributed by atoms with E-state index >= 15 is 0 Å². The Morgan fingerprint density at radius 2 is 2.17 bits per heavy atom. The molecule has 0 radical (unpaired) electrons. The standard InChI is InChI=1S/C20H19N7O2S/c1-29-15-3-2-4-24-17(15)27-8-14-18(28)25-19(21)26-20(14,10-27)16-5-12(9-30-16)13-6-22-11-23-7-13/h2-7,9,11,14H,8,10H2,1H3,(H3,21,25,26,28)/t14?,20-/m0/s1. The lowest BCUT2D eigenvalue weighted by Gasteiger charge is -2.32. The number of carbonyl (C=O) groups is 1.